The Labute approximate surface area is 199 Å². The second-order valence-electron chi connectivity index (χ2n) is 9.34. The molecule has 1 N–H and O–H groups in total. The minimum absolute atomic E-state index is 0.0943. The molecule has 176 valence electrons. The maximum atomic E-state index is 13.5. The highest BCUT2D eigenvalue weighted by atomic mass is 16.1. The zero-order chi connectivity index (χ0) is 23.5. The van der Waals surface area contributed by atoms with E-state index >= 15 is 0 Å². The third kappa shape index (κ3) is 4.44. The summed E-state index contributed by atoms with van der Waals surface area (Å²) in [6.07, 6.45) is 10.5. The Kier molecular flexibility index (Phi) is 6.38. The number of nitrogens with one attached hydrogen (secondary N) is 1. The predicted molar refractivity (Wildman–Crippen MR) is 131 cm³/mol. The van der Waals surface area contributed by atoms with Gasteiger partial charge in [0, 0.05) is 29.7 Å². The second kappa shape index (κ2) is 9.75. The summed E-state index contributed by atoms with van der Waals surface area (Å²) in [5.74, 6) is 1.17. The first-order chi connectivity index (χ1) is 16.6. The molecule has 1 saturated carbocycles. The molecule has 0 radical (unpaired) electrons. The number of benzene rings is 1. The average Bonchev–Trinajstić information content (AvgIpc) is 3.60. The molecule has 1 aromatic carbocycles. The number of rotatable bonds is 8. The summed E-state index contributed by atoms with van der Waals surface area (Å²) in [7, 11) is 0. The molecule has 3 aromatic heterocycles. The molecule has 0 spiro atoms. The monoisotopic (exact) mass is 457 g/mol. The van der Waals surface area contributed by atoms with Crippen molar-refractivity contribution in [3.8, 4) is 22.5 Å². The van der Waals surface area contributed by atoms with E-state index in [0.717, 1.165) is 53.8 Å². The van der Waals surface area contributed by atoms with Gasteiger partial charge < -0.3 is 0 Å². The maximum absolute atomic E-state index is 13.5. The normalized spacial score (nSPS) is 17.9. The second-order valence-corrected chi connectivity index (χ2v) is 9.34. The molecular formula is C26H31N7O. The van der Waals surface area contributed by atoms with E-state index in [1.165, 1.54) is 12.8 Å². The lowest BCUT2D eigenvalue weighted by Gasteiger charge is -2.15. The number of hydrogen-bond donors (Lipinski definition) is 1. The van der Waals surface area contributed by atoms with Crippen molar-refractivity contribution in [1.82, 2.24) is 34.7 Å². The molecule has 1 aliphatic rings. The highest BCUT2D eigenvalue weighted by Gasteiger charge is 2.27. The molecule has 1 fully saturated rings. The Hall–Kier alpha value is -3.55. The Balaban J connectivity index is 1.46. The standard InChI is InChI=1S/C26H31N7O/c1-3-4-10-23-17-33(24-11-5-7-18(24)2)26(34)32(23)16-22-15-20(12-13-27-22)19-8-6-9-21(14-19)25-28-30-31-29-25/h6,8-9,12-15,17-18,24H,3-5,7,10-11,16H2,1-2H3,(H,28,29,30,31). The van der Waals surface area contributed by atoms with Gasteiger partial charge in [0.05, 0.1) is 12.2 Å². The molecule has 5 rings (SSSR count). The zero-order valence-corrected chi connectivity index (χ0v) is 19.8. The Morgan fingerprint density at radius 1 is 1.12 bits per heavy atom. The zero-order valence-electron chi connectivity index (χ0n) is 19.8. The number of unbranched alkanes of at least 4 members (excludes halogenated alkanes) is 1. The van der Waals surface area contributed by atoms with Gasteiger partial charge in [-0.25, -0.2) is 9.89 Å². The van der Waals surface area contributed by atoms with Crippen LogP contribution in [0.25, 0.3) is 22.5 Å². The van der Waals surface area contributed by atoms with Gasteiger partial charge in [0.25, 0.3) is 0 Å². The van der Waals surface area contributed by atoms with Crippen LogP contribution in [-0.2, 0) is 13.0 Å². The Morgan fingerprint density at radius 2 is 1.97 bits per heavy atom. The molecule has 2 unspecified atom stereocenters. The first-order valence-corrected chi connectivity index (χ1v) is 12.2. The third-order valence-electron chi connectivity index (χ3n) is 7.00. The van der Waals surface area contributed by atoms with Crippen LogP contribution in [-0.4, -0.2) is 34.7 Å². The summed E-state index contributed by atoms with van der Waals surface area (Å²) in [5, 5.41) is 14.2. The molecule has 8 nitrogen and oxygen atoms in total. The van der Waals surface area contributed by atoms with Crippen LogP contribution < -0.4 is 5.69 Å². The lowest BCUT2D eigenvalue weighted by molar-refractivity contribution is 0.394. The van der Waals surface area contributed by atoms with E-state index in [1.54, 1.807) is 0 Å². The first-order valence-electron chi connectivity index (χ1n) is 12.2. The molecule has 0 bridgehead atoms. The van der Waals surface area contributed by atoms with Gasteiger partial charge in [0.15, 0.2) is 5.82 Å². The van der Waals surface area contributed by atoms with E-state index in [0.29, 0.717) is 24.3 Å². The van der Waals surface area contributed by atoms with Gasteiger partial charge in [-0.15, -0.1) is 5.10 Å². The van der Waals surface area contributed by atoms with Crippen LogP contribution in [0.5, 0.6) is 0 Å². The molecule has 1 aliphatic carbocycles. The van der Waals surface area contributed by atoms with Crippen molar-refractivity contribution in [1.29, 1.82) is 0 Å². The van der Waals surface area contributed by atoms with Crippen LogP contribution in [0.3, 0.4) is 0 Å². The summed E-state index contributed by atoms with van der Waals surface area (Å²) in [4.78, 5) is 18.1. The summed E-state index contributed by atoms with van der Waals surface area (Å²) >= 11 is 0. The number of pyridine rings is 1. The van der Waals surface area contributed by atoms with Crippen LogP contribution in [0.4, 0.5) is 0 Å². The van der Waals surface area contributed by atoms with E-state index in [2.05, 4.69) is 63.9 Å². The fourth-order valence-corrected chi connectivity index (χ4v) is 5.08. The number of H-pyrrole nitrogens is 1. The van der Waals surface area contributed by atoms with Gasteiger partial charge in [-0.1, -0.05) is 44.9 Å². The van der Waals surface area contributed by atoms with Gasteiger partial charge in [0.1, 0.15) is 0 Å². The van der Waals surface area contributed by atoms with E-state index < -0.39 is 0 Å². The molecule has 0 aliphatic heterocycles. The van der Waals surface area contributed by atoms with E-state index in [9.17, 15) is 4.79 Å². The minimum atomic E-state index is 0.0943. The molecule has 0 amide bonds. The van der Waals surface area contributed by atoms with Crippen LogP contribution in [0.15, 0.2) is 53.6 Å². The summed E-state index contributed by atoms with van der Waals surface area (Å²) in [6.45, 7) is 4.93. The van der Waals surface area contributed by atoms with Crippen LogP contribution >= 0.6 is 0 Å². The van der Waals surface area contributed by atoms with Crippen molar-refractivity contribution in [2.24, 2.45) is 5.92 Å². The number of nitrogens with zero attached hydrogens (tertiary/aromatic N) is 6. The number of imidazole rings is 1. The first kappa shape index (κ1) is 22.3. The fraction of sp³-hybridized carbons (Fsp3) is 0.423. The minimum Gasteiger partial charge on any atom is -0.296 e. The molecule has 0 saturated heterocycles. The molecule has 34 heavy (non-hydrogen) atoms. The van der Waals surface area contributed by atoms with Gasteiger partial charge in [-0.3, -0.25) is 14.1 Å². The third-order valence-corrected chi connectivity index (χ3v) is 7.00. The maximum Gasteiger partial charge on any atom is 0.328 e. The van der Waals surface area contributed by atoms with Crippen molar-refractivity contribution < 1.29 is 0 Å². The van der Waals surface area contributed by atoms with Crippen molar-refractivity contribution >= 4 is 0 Å². The molecule has 4 aromatic rings. The van der Waals surface area contributed by atoms with Crippen molar-refractivity contribution in [3.63, 3.8) is 0 Å². The Morgan fingerprint density at radius 3 is 2.74 bits per heavy atom. The van der Waals surface area contributed by atoms with Gasteiger partial charge in [0.2, 0.25) is 0 Å². The largest absolute Gasteiger partial charge is 0.328 e. The van der Waals surface area contributed by atoms with Crippen LogP contribution in [0, 0.1) is 5.92 Å². The van der Waals surface area contributed by atoms with Gasteiger partial charge >= 0.3 is 5.69 Å². The van der Waals surface area contributed by atoms with Crippen LogP contribution in [0.2, 0.25) is 0 Å². The molecular weight excluding hydrogens is 426 g/mol. The average molecular weight is 458 g/mol. The van der Waals surface area contributed by atoms with Crippen LogP contribution in [0.1, 0.15) is 63.4 Å². The summed E-state index contributed by atoms with van der Waals surface area (Å²) in [6, 6.07) is 12.4. The highest BCUT2D eigenvalue weighted by molar-refractivity contribution is 5.70. The highest BCUT2D eigenvalue weighted by Crippen LogP contribution is 2.34. The SMILES string of the molecule is CCCCc1cn(C2CCCC2C)c(=O)n1Cc1cc(-c2cccc(-c3nnn[nH]3)c2)ccn1. The molecule has 3 heterocycles. The number of tetrazole rings is 1. The van der Waals surface area contributed by atoms with Crippen molar-refractivity contribution in [3.05, 3.63) is 70.7 Å². The van der Waals surface area contributed by atoms with Crippen molar-refractivity contribution in [2.45, 2.75) is 65.0 Å². The number of aryl methyl sites for hydroxylation is 1. The fourth-order valence-electron chi connectivity index (χ4n) is 5.08. The van der Waals surface area contributed by atoms with E-state index in [1.807, 2.05) is 33.5 Å². The predicted octanol–water partition coefficient (Wildman–Crippen LogP) is 4.64. The number of aromatic amines is 1. The topological polar surface area (TPSA) is 94.3 Å². The van der Waals surface area contributed by atoms with E-state index in [4.69, 9.17) is 0 Å². The number of hydrogen-bond acceptors (Lipinski definition) is 5. The lowest BCUT2D eigenvalue weighted by atomic mass is 10.0. The van der Waals surface area contributed by atoms with E-state index in [-0.39, 0.29) is 5.69 Å². The summed E-state index contributed by atoms with van der Waals surface area (Å²) < 4.78 is 3.94. The number of aromatic nitrogens is 7. The molecule has 8 heteroatoms. The smallest absolute Gasteiger partial charge is 0.296 e. The quantitative estimate of drug-likeness (QED) is 0.416. The van der Waals surface area contributed by atoms with Gasteiger partial charge in [-0.05, 0) is 71.4 Å². The summed E-state index contributed by atoms with van der Waals surface area (Å²) in [5.41, 5.74) is 5.10. The molecule has 2 atom stereocenters. The lowest BCUT2D eigenvalue weighted by Crippen LogP contribution is -2.29. The van der Waals surface area contributed by atoms with Gasteiger partial charge in [-0.2, -0.15) is 0 Å². The Bertz CT molecular complexity index is 1300. The van der Waals surface area contributed by atoms with Crippen molar-refractivity contribution in [2.75, 3.05) is 0 Å².